The van der Waals surface area contributed by atoms with E-state index in [2.05, 4.69) is 0 Å². The molecular weight excluding hydrogens is 188 g/mol. The van der Waals surface area contributed by atoms with Gasteiger partial charge in [0.1, 0.15) is 0 Å². The maximum atomic E-state index is 7.60. The average molecular weight is 219 g/mol. The van der Waals surface area contributed by atoms with Crippen molar-refractivity contribution >= 4 is 0 Å². The Morgan fingerprint density at radius 1 is 1.13 bits per heavy atom. The summed E-state index contributed by atoms with van der Waals surface area (Å²) < 4.78 is 47.5. The predicted octanol–water partition coefficient (Wildman–Crippen LogP) is 3.56. The van der Waals surface area contributed by atoms with Crippen LogP contribution in [0.5, 0.6) is 0 Å². The van der Waals surface area contributed by atoms with Crippen LogP contribution in [0.25, 0.3) is 0 Å². The molecule has 0 aliphatic carbocycles. The summed E-state index contributed by atoms with van der Waals surface area (Å²) >= 11 is 0. The Bertz CT molecular complexity index is 381. The number of hydrogen-bond donors (Lipinski definition) is 0. The van der Waals surface area contributed by atoms with Crippen molar-refractivity contribution in [2.24, 2.45) is 0 Å². The van der Waals surface area contributed by atoms with Gasteiger partial charge in [0.15, 0.2) is 0 Å². The van der Waals surface area contributed by atoms with E-state index < -0.39 is 24.6 Å². The summed E-state index contributed by atoms with van der Waals surface area (Å²) in [5, 5.41) is 0. The molecule has 90 valence electrons. The number of methoxy groups -OCH3 is 1. The highest BCUT2D eigenvalue weighted by Crippen LogP contribution is 2.30. The van der Waals surface area contributed by atoms with Gasteiger partial charge in [0.05, 0.1) is 13.9 Å². The molecule has 0 N–H and O–H groups in total. The zero-order valence-electron chi connectivity index (χ0n) is 15.8. The van der Waals surface area contributed by atoms with E-state index in [1.54, 1.807) is 27.9 Å². The first-order valence-electron chi connectivity index (χ1n) is 7.52. The van der Waals surface area contributed by atoms with Crippen molar-refractivity contribution in [1.29, 1.82) is 0 Å². The van der Waals surface area contributed by atoms with Gasteiger partial charge < -0.3 is 9.47 Å². The normalized spacial score (nSPS) is 21.9. The van der Waals surface area contributed by atoms with E-state index in [4.69, 9.17) is 16.3 Å². The molecule has 0 aromatic heterocycles. The largest absolute Gasteiger partial charge is 0.374 e. The third-order valence-corrected chi connectivity index (χ3v) is 3.19. The lowest BCUT2D eigenvalue weighted by Gasteiger charge is -2.33. The van der Waals surface area contributed by atoms with Crippen LogP contribution in [0.1, 0.15) is 55.2 Å². The monoisotopic (exact) mass is 219 g/mol. The van der Waals surface area contributed by atoms with Crippen LogP contribution in [0, 0.1) is 0 Å². The molecule has 0 saturated carbocycles. The van der Waals surface area contributed by atoms with Gasteiger partial charge >= 0.3 is 0 Å². The summed E-state index contributed by atoms with van der Waals surface area (Å²) in [6.07, 6.45) is 0. The van der Waals surface area contributed by atoms with Gasteiger partial charge in [-0.3, -0.25) is 0 Å². The Balaban J connectivity index is 5.51. The molecule has 0 amide bonds. The third kappa shape index (κ3) is 3.62. The number of hydrogen-bond acceptors (Lipinski definition) is 2. The Kier molecular flexibility index (Phi) is 2.69. The summed E-state index contributed by atoms with van der Waals surface area (Å²) in [5.41, 5.74) is 0.0404. The van der Waals surface area contributed by atoms with E-state index in [9.17, 15) is 0 Å². The van der Waals surface area contributed by atoms with E-state index in [0.29, 0.717) is 0 Å². The molecule has 2 nitrogen and oxygen atoms in total. The van der Waals surface area contributed by atoms with E-state index in [0.717, 1.165) is 11.1 Å². The molecule has 0 aromatic carbocycles. The molecule has 2 heteroatoms. The highest BCUT2D eigenvalue weighted by molar-refractivity contribution is 5.25. The van der Waals surface area contributed by atoms with E-state index in [-0.39, 0.29) is 0 Å². The summed E-state index contributed by atoms with van der Waals surface area (Å²) in [7, 11) is 1.59. The standard InChI is InChI=1S/C13H26O2/c1-9-15-13(6,7)11(3)10(2)12(4,5)14-8/h9H2,1-8H3/b11-10-/i1D3,9D2. The van der Waals surface area contributed by atoms with Crippen LogP contribution in [0.3, 0.4) is 0 Å². The minimum Gasteiger partial charge on any atom is -0.374 e. The van der Waals surface area contributed by atoms with Crippen LogP contribution in [0.15, 0.2) is 11.1 Å². The maximum absolute atomic E-state index is 7.60. The van der Waals surface area contributed by atoms with Crippen molar-refractivity contribution in [2.75, 3.05) is 13.7 Å². The Morgan fingerprint density at radius 2 is 1.60 bits per heavy atom. The number of rotatable bonds is 5. The molecule has 0 unspecified atom stereocenters. The second kappa shape index (κ2) is 5.13. The highest BCUT2D eigenvalue weighted by Gasteiger charge is 2.28. The fraction of sp³-hybridized carbons (Fsp3) is 0.846. The van der Waals surface area contributed by atoms with Crippen LogP contribution in [-0.4, -0.2) is 24.9 Å². The summed E-state index contributed by atoms with van der Waals surface area (Å²) in [6.45, 7) is 5.20. The van der Waals surface area contributed by atoms with Gasteiger partial charge in [-0.2, -0.15) is 0 Å². The summed E-state index contributed by atoms with van der Waals surface area (Å²) in [5.74, 6) is 0. The molecule has 0 radical (unpaired) electrons. The van der Waals surface area contributed by atoms with Gasteiger partial charge in [-0.1, -0.05) is 0 Å². The maximum Gasteiger partial charge on any atom is 0.0836 e. The molecule has 0 aliphatic heterocycles. The first-order chi connectivity index (χ1) is 8.58. The summed E-state index contributed by atoms with van der Waals surface area (Å²) in [6, 6.07) is 0. The lowest BCUT2D eigenvalue weighted by Crippen LogP contribution is -2.32. The quantitative estimate of drug-likeness (QED) is 0.658. The molecule has 15 heavy (non-hydrogen) atoms. The molecular formula is C13H26O2. The molecule has 0 bridgehead atoms. The average Bonchev–Trinajstić information content (AvgIpc) is 2.23. The zero-order chi connectivity index (χ0) is 16.6. The van der Waals surface area contributed by atoms with Gasteiger partial charge in [0.2, 0.25) is 0 Å². The van der Waals surface area contributed by atoms with Crippen molar-refractivity contribution in [1.82, 2.24) is 0 Å². The van der Waals surface area contributed by atoms with Crippen LogP contribution in [-0.2, 0) is 9.47 Å². The molecule has 0 aliphatic rings. The first-order valence-corrected chi connectivity index (χ1v) is 5.02. The third-order valence-electron chi connectivity index (χ3n) is 3.19. The SMILES string of the molecule is [2H]C([2H])([2H])C([2H])([2H])OC(C)(C)/C(C)=C(/C)C(C)(C)OC. The highest BCUT2D eigenvalue weighted by atomic mass is 16.5. The fourth-order valence-electron chi connectivity index (χ4n) is 1.26. The molecule has 0 heterocycles. The zero-order valence-corrected chi connectivity index (χ0v) is 10.8. The second-order valence-corrected chi connectivity index (χ2v) is 4.68. The van der Waals surface area contributed by atoms with Crippen molar-refractivity contribution < 1.29 is 16.3 Å². The van der Waals surface area contributed by atoms with Gasteiger partial charge in [-0.15, -0.1) is 0 Å². The lowest BCUT2D eigenvalue weighted by atomic mass is 9.87. The van der Waals surface area contributed by atoms with E-state index in [1.165, 1.54) is 0 Å². The number of ether oxygens (including phenoxy) is 2. The first kappa shape index (κ1) is 7.86. The predicted molar refractivity (Wildman–Crippen MR) is 65.2 cm³/mol. The molecule has 0 atom stereocenters. The molecule has 0 spiro atoms. The van der Waals surface area contributed by atoms with Crippen LogP contribution < -0.4 is 0 Å². The summed E-state index contributed by atoms with van der Waals surface area (Å²) in [4.78, 5) is 0. The Labute approximate surface area is 102 Å². The molecule has 0 saturated heterocycles. The van der Waals surface area contributed by atoms with Gasteiger partial charge in [0, 0.05) is 17.8 Å². The van der Waals surface area contributed by atoms with Gasteiger partial charge in [-0.25, -0.2) is 0 Å². The second-order valence-electron chi connectivity index (χ2n) is 4.68. The van der Waals surface area contributed by atoms with Crippen molar-refractivity contribution in [2.45, 2.75) is 59.6 Å². The lowest BCUT2D eigenvalue weighted by molar-refractivity contribution is 0.0110. The fourth-order valence-corrected chi connectivity index (χ4v) is 1.26. The molecule has 0 rings (SSSR count). The molecule has 0 aromatic rings. The Hall–Kier alpha value is -0.340. The minimum atomic E-state index is -2.84. The van der Waals surface area contributed by atoms with E-state index in [1.807, 2.05) is 20.8 Å². The van der Waals surface area contributed by atoms with Crippen molar-refractivity contribution in [3.05, 3.63) is 11.1 Å². The van der Waals surface area contributed by atoms with Crippen LogP contribution in [0.2, 0.25) is 0 Å². The van der Waals surface area contributed by atoms with Crippen molar-refractivity contribution in [3.63, 3.8) is 0 Å². The Morgan fingerprint density at radius 3 is 2.00 bits per heavy atom. The topological polar surface area (TPSA) is 18.5 Å². The van der Waals surface area contributed by atoms with Crippen LogP contribution in [0.4, 0.5) is 0 Å². The van der Waals surface area contributed by atoms with Crippen molar-refractivity contribution in [3.8, 4) is 0 Å². The smallest absolute Gasteiger partial charge is 0.0836 e. The minimum absolute atomic E-state index is 0.530. The van der Waals surface area contributed by atoms with Crippen LogP contribution >= 0.6 is 0 Å². The van der Waals surface area contributed by atoms with Gasteiger partial charge in [0.25, 0.3) is 0 Å². The van der Waals surface area contributed by atoms with E-state index >= 15 is 0 Å². The van der Waals surface area contributed by atoms with Gasteiger partial charge in [-0.05, 0) is 59.5 Å². The molecule has 0 fully saturated rings.